The summed E-state index contributed by atoms with van der Waals surface area (Å²) in [6.07, 6.45) is 1.45. The minimum atomic E-state index is -0.726. The maximum atomic E-state index is 12.9. The summed E-state index contributed by atoms with van der Waals surface area (Å²) in [5.41, 5.74) is 2.27. The van der Waals surface area contributed by atoms with E-state index < -0.39 is 17.4 Å². The summed E-state index contributed by atoms with van der Waals surface area (Å²) in [5, 5.41) is 2.84. The zero-order valence-electron chi connectivity index (χ0n) is 17.8. The number of esters is 1. The summed E-state index contributed by atoms with van der Waals surface area (Å²) in [6.45, 7) is 10.6. The summed E-state index contributed by atoms with van der Waals surface area (Å²) in [4.78, 5) is 39.6. The van der Waals surface area contributed by atoms with Crippen LogP contribution in [-0.2, 0) is 14.3 Å². The molecule has 1 fully saturated rings. The number of aryl methyl sites for hydroxylation is 2. The molecular formula is C22H32N2O4. The van der Waals surface area contributed by atoms with Gasteiger partial charge in [-0.1, -0.05) is 38.0 Å². The highest BCUT2D eigenvalue weighted by molar-refractivity contribution is 5.95. The molecule has 0 saturated carbocycles. The van der Waals surface area contributed by atoms with Gasteiger partial charge in [0.1, 0.15) is 6.04 Å². The second kappa shape index (κ2) is 8.76. The van der Waals surface area contributed by atoms with Crippen molar-refractivity contribution in [2.45, 2.75) is 53.5 Å². The maximum Gasteiger partial charge on any atom is 0.328 e. The highest BCUT2D eigenvalue weighted by Crippen LogP contribution is 2.24. The van der Waals surface area contributed by atoms with E-state index in [9.17, 15) is 14.4 Å². The summed E-state index contributed by atoms with van der Waals surface area (Å²) < 4.78 is 4.85. The molecule has 2 rings (SSSR count). The van der Waals surface area contributed by atoms with E-state index in [1.54, 1.807) is 4.90 Å². The molecule has 0 bridgehead atoms. The standard InChI is InChI=1S/C22H32N2O4/c1-14-10-15(2)12-17(11-14)20(26)24-9-7-8-16(13-24)19(25)23-18(21(27)28-6)22(3,4)5/h10-12,16,18H,7-9,13H2,1-6H3,(H,23,25)/t16-,18-/m1/s1. The number of nitrogens with zero attached hydrogens (tertiary/aromatic N) is 1. The lowest BCUT2D eigenvalue weighted by molar-refractivity contribution is -0.149. The predicted molar refractivity (Wildman–Crippen MR) is 108 cm³/mol. The number of carbonyl (C=O) groups is 3. The van der Waals surface area contributed by atoms with Crippen molar-refractivity contribution in [3.63, 3.8) is 0 Å². The van der Waals surface area contributed by atoms with Crippen molar-refractivity contribution in [2.75, 3.05) is 20.2 Å². The van der Waals surface area contributed by atoms with Gasteiger partial charge < -0.3 is 15.0 Å². The van der Waals surface area contributed by atoms with Crippen molar-refractivity contribution in [3.05, 3.63) is 34.9 Å². The van der Waals surface area contributed by atoms with E-state index in [4.69, 9.17) is 4.74 Å². The molecule has 0 aliphatic carbocycles. The monoisotopic (exact) mass is 388 g/mol. The fourth-order valence-electron chi connectivity index (χ4n) is 3.66. The van der Waals surface area contributed by atoms with Crippen LogP contribution in [0.4, 0.5) is 0 Å². The summed E-state index contributed by atoms with van der Waals surface area (Å²) in [6, 6.07) is 5.07. The zero-order chi connectivity index (χ0) is 21.1. The van der Waals surface area contributed by atoms with Gasteiger partial charge in [0.25, 0.3) is 5.91 Å². The van der Waals surface area contributed by atoms with Gasteiger partial charge in [-0.15, -0.1) is 0 Å². The molecule has 1 aliphatic heterocycles. The van der Waals surface area contributed by atoms with Crippen molar-refractivity contribution in [3.8, 4) is 0 Å². The van der Waals surface area contributed by atoms with Crippen LogP contribution in [0.3, 0.4) is 0 Å². The largest absolute Gasteiger partial charge is 0.467 e. The lowest BCUT2D eigenvalue weighted by Gasteiger charge is -2.35. The Morgan fingerprint density at radius 1 is 1.14 bits per heavy atom. The maximum absolute atomic E-state index is 12.9. The number of piperidine rings is 1. The number of hydrogen-bond acceptors (Lipinski definition) is 4. The summed E-state index contributed by atoms with van der Waals surface area (Å²) in [5.74, 6) is -1.05. The molecule has 0 spiro atoms. The normalized spacial score (nSPS) is 18.4. The van der Waals surface area contributed by atoms with Gasteiger partial charge in [-0.3, -0.25) is 9.59 Å². The molecule has 6 nitrogen and oxygen atoms in total. The van der Waals surface area contributed by atoms with Gasteiger partial charge in [0, 0.05) is 18.7 Å². The number of amides is 2. The van der Waals surface area contributed by atoms with Crippen LogP contribution in [-0.4, -0.2) is 48.9 Å². The summed E-state index contributed by atoms with van der Waals surface area (Å²) in [7, 11) is 1.32. The highest BCUT2D eigenvalue weighted by Gasteiger charge is 2.36. The fourth-order valence-corrected chi connectivity index (χ4v) is 3.66. The first-order chi connectivity index (χ1) is 13.0. The molecule has 6 heteroatoms. The molecule has 28 heavy (non-hydrogen) atoms. The van der Waals surface area contributed by atoms with Gasteiger partial charge in [0.05, 0.1) is 13.0 Å². The third-order valence-electron chi connectivity index (χ3n) is 5.14. The van der Waals surface area contributed by atoms with Crippen molar-refractivity contribution in [1.82, 2.24) is 10.2 Å². The van der Waals surface area contributed by atoms with Crippen molar-refractivity contribution >= 4 is 17.8 Å². The molecule has 0 radical (unpaired) electrons. The zero-order valence-corrected chi connectivity index (χ0v) is 17.8. The molecule has 1 aliphatic rings. The SMILES string of the molecule is COC(=O)[C@@H](NC(=O)[C@@H]1CCCN(C(=O)c2cc(C)cc(C)c2)C1)C(C)(C)C. The highest BCUT2D eigenvalue weighted by atomic mass is 16.5. The van der Waals surface area contributed by atoms with Gasteiger partial charge in [0.2, 0.25) is 5.91 Å². The Labute approximate surface area is 167 Å². The Kier molecular flexibility index (Phi) is 6.86. The third-order valence-corrected chi connectivity index (χ3v) is 5.14. The average molecular weight is 389 g/mol. The molecule has 0 unspecified atom stereocenters. The molecule has 0 aromatic heterocycles. The van der Waals surface area contributed by atoms with E-state index in [1.165, 1.54) is 7.11 Å². The number of likely N-dealkylation sites (tertiary alicyclic amines) is 1. The number of ether oxygens (including phenoxy) is 1. The first-order valence-corrected chi connectivity index (χ1v) is 9.78. The van der Waals surface area contributed by atoms with Crippen molar-refractivity contribution < 1.29 is 19.1 Å². The molecular weight excluding hydrogens is 356 g/mol. The molecule has 2 atom stereocenters. The van der Waals surface area contributed by atoms with E-state index in [1.807, 2.05) is 52.8 Å². The quantitative estimate of drug-likeness (QED) is 0.805. The van der Waals surface area contributed by atoms with Crippen LogP contribution in [0.5, 0.6) is 0 Å². The van der Waals surface area contributed by atoms with Gasteiger partial charge in [0.15, 0.2) is 0 Å². The minimum absolute atomic E-state index is 0.0513. The summed E-state index contributed by atoms with van der Waals surface area (Å²) >= 11 is 0. The van der Waals surface area contributed by atoms with Crippen LogP contribution in [0.1, 0.15) is 55.1 Å². The Balaban J connectivity index is 2.10. The first kappa shape index (κ1) is 21.9. The number of methoxy groups -OCH3 is 1. The lowest BCUT2D eigenvalue weighted by Crippen LogP contribution is -2.53. The van der Waals surface area contributed by atoms with E-state index >= 15 is 0 Å². The van der Waals surface area contributed by atoms with E-state index in [2.05, 4.69) is 5.32 Å². The van der Waals surface area contributed by atoms with Crippen LogP contribution in [0.25, 0.3) is 0 Å². The van der Waals surface area contributed by atoms with Crippen molar-refractivity contribution in [2.24, 2.45) is 11.3 Å². The average Bonchev–Trinajstić information content (AvgIpc) is 2.63. The molecule has 1 aromatic rings. The van der Waals surface area contributed by atoms with E-state index in [0.717, 1.165) is 17.5 Å². The van der Waals surface area contributed by atoms with Crippen molar-refractivity contribution in [1.29, 1.82) is 0 Å². The number of hydrogen-bond donors (Lipinski definition) is 1. The number of nitrogens with one attached hydrogen (secondary N) is 1. The number of rotatable bonds is 4. The number of benzene rings is 1. The topological polar surface area (TPSA) is 75.7 Å². The van der Waals surface area contributed by atoms with Crippen LogP contribution < -0.4 is 5.32 Å². The lowest BCUT2D eigenvalue weighted by atomic mass is 9.86. The van der Waals surface area contributed by atoms with Crippen LogP contribution in [0.15, 0.2) is 18.2 Å². The molecule has 1 heterocycles. The first-order valence-electron chi connectivity index (χ1n) is 9.78. The molecule has 2 amide bonds. The Morgan fingerprint density at radius 2 is 1.75 bits per heavy atom. The van der Waals surface area contributed by atoms with Gasteiger partial charge in [-0.2, -0.15) is 0 Å². The predicted octanol–water partition coefficient (Wildman–Crippen LogP) is 2.86. The van der Waals surface area contributed by atoms with Gasteiger partial charge >= 0.3 is 5.97 Å². The molecule has 1 saturated heterocycles. The van der Waals surface area contributed by atoms with Gasteiger partial charge in [-0.25, -0.2) is 4.79 Å². The molecule has 154 valence electrons. The van der Waals surface area contributed by atoms with Crippen LogP contribution in [0.2, 0.25) is 0 Å². The molecule has 1 aromatic carbocycles. The van der Waals surface area contributed by atoms with Crippen LogP contribution in [0, 0.1) is 25.2 Å². The van der Waals surface area contributed by atoms with Crippen LogP contribution >= 0.6 is 0 Å². The Hall–Kier alpha value is -2.37. The fraction of sp³-hybridized carbons (Fsp3) is 0.591. The minimum Gasteiger partial charge on any atom is -0.467 e. The molecule has 1 N–H and O–H groups in total. The number of carbonyl (C=O) groups excluding carboxylic acids is 3. The third kappa shape index (κ3) is 5.33. The van der Waals surface area contributed by atoms with E-state index in [0.29, 0.717) is 25.1 Å². The van der Waals surface area contributed by atoms with E-state index in [-0.39, 0.29) is 17.7 Å². The smallest absolute Gasteiger partial charge is 0.328 e. The Bertz CT molecular complexity index is 731. The van der Waals surface area contributed by atoms with Gasteiger partial charge in [-0.05, 0) is 44.2 Å². The second-order valence-corrected chi connectivity index (χ2v) is 8.80. The second-order valence-electron chi connectivity index (χ2n) is 8.80. The Morgan fingerprint density at radius 3 is 2.29 bits per heavy atom.